The van der Waals surface area contributed by atoms with E-state index in [0.29, 0.717) is 47.6 Å². The van der Waals surface area contributed by atoms with E-state index in [2.05, 4.69) is 9.27 Å². The van der Waals surface area contributed by atoms with Gasteiger partial charge in [-0.05, 0) is 41.7 Å². The second-order valence-electron chi connectivity index (χ2n) is 8.66. The predicted molar refractivity (Wildman–Crippen MR) is 131 cm³/mol. The lowest BCUT2D eigenvalue weighted by Crippen LogP contribution is -2.35. The Morgan fingerprint density at radius 3 is 2.51 bits per heavy atom. The largest absolute Gasteiger partial charge is 0.496 e. The number of nitrogens with zero attached hydrogens (tertiary/aromatic N) is 4. The molecule has 2 heterocycles. The van der Waals surface area contributed by atoms with Crippen LogP contribution in [0, 0.1) is 5.82 Å². The molecule has 2 aromatic carbocycles. The van der Waals surface area contributed by atoms with Gasteiger partial charge in [0.2, 0.25) is 0 Å². The van der Waals surface area contributed by atoms with Gasteiger partial charge in [-0.25, -0.2) is 4.39 Å². The first-order valence-electron chi connectivity index (χ1n) is 11.3. The number of benzene rings is 2. The summed E-state index contributed by atoms with van der Waals surface area (Å²) < 4.78 is 23.6. The average Bonchev–Trinajstić information content (AvgIpc) is 3.13. The molecule has 1 fully saturated rings. The highest BCUT2D eigenvalue weighted by atomic mass is 32.1. The van der Waals surface area contributed by atoms with Gasteiger partial charge in [0, 0.05) is 58.3 Å². The summed E-state index contributed by atoms with van der Waals surface area (Å²) in [6.45, 7) is 3.27. The minimum Gasteiger partial charge on any atom is -0.496 e. The summed E-state index contributed by atoms with van der Waals surface area (Å²) in [4.78, 5) is 43.6. The van der Waals surface area contributed by atoms with E-state index in [1.807, 2.05) is 0 Å². The standard InChI is InChI=1S/C25H27FN4O4S/c1-28(2)25(33)23(31)22-19-13-18(20(34-3)14-21(19)35-27-22)24(32)30-10-4-9-29(11-12-30)15-16-5-7-17(26)8-6-16/h5-8,13-14H,4,9-12,15H2,1-3H3. The number of fused-ring (bicyclic) bond motifs is 1. The first-order chi connectivity index (χ1) is 16.8. The highest BCUT2D eigenvalue weighted by Crippen LogP contribution is 2.32. The molecule has 0 N–H and O–H groups in total. The predicted octanol–water partition coefficient (Wildman–Crippen LogP) is 3.06. The maximum Gasteiger partial charge on any atom is 0.296 e. The van der Waals surface area contributed by atoms with Crippen molar-refractivity contribution in [1.82, 2.24) is 19.1 Å². The van der Waals surface area contributed by atoms with E-state index in [4.69, 9.17) is 4.74 Å². The second-order valence-corrected chi connectivity index (χ2v) is 9.46. The fourth-order valence-corrected chi connectivity index (χ4v) is 4.90. The number of likely N-dealkylation sites (N-methyl/N-ethyl adjacent to an activating group) is 1. The Morgan fingerprint density at radius 1 is 1.09 bits per heavy atom. The van der Waals surface area contributed by atoms with Crippen LogP contribution in [-0.2, 0) is 11.3 Å². The molecular weight excluding hydrogens is 471 g/mol. The number of Topliss-reactive ketones (excluding diaryl/α,β-unsaturated/α-hetero) is 1. The van der Waals surface area contributed by atoms with Gasteiger partial charge < -0.3 is 14.5 Å². The fourth-order valence-electron chi connectivity index (χ4n) is 4.12. The Morgan fingerprint density at radius 2 is 1.83 bits per heavy atom. The van der Waals surface area contributed by atoms with Crippen molar-refractivity contribution in [1.29, 1.82) is 0 Å². The summed E-state index contributed by atoms with van der Waals surface area (Å²) in [6.07, 6.45) is 0.790. The Balaban J connectivity index is 1.55. The monoisotopic (exact) mass is 498 g/mol. The van der Waals surface area contributed by atoms with Crippen molar-refractivity contribution in [3.8, 4) is 5.75 Å². The van der Waals surface area contributed by atoms with Crippen LogP contribution in [0.5, 0.6) is 5.75 Å². The molecule has 0 saturated carbocycles. The van der Waals surface area contributed by atoms with Crippen LogP contribution in [0.1, 0.15) is 32.8 Å². The third-order valence-corrected chi connectivity index (χ3v) is 6.84. The third kappa shape index (κ3) is 5.33. The Kier molecular flexibility index (Phi) is 7.42. The van der Waals surface area contributed by atoms with Crippen LogP contribution in [-0.4, -0.2) is 84.1 Å². The van der Waals surface area contributed by atoms with E-state index in [9.17, 15) is 18.8 Å². The molecular formula is C25H27FN4O4S. The molecule has 1 aliphatic heterocycles. The van der Waals surface area contributed by atoms with Gasteiger partial charge in [-0.15, -0.1) is 0 Å². The average molecular weight is 499 g/mol. The van der Waals surface area contributed by atoms with Crippen molar-refractivity contribution in [2.75, 3.05) is 47.4 Å². The quantitative estimate of drug-likeness (QED) is 0.384. The van der Waals surface area contributed by atoms with Crippen LogP contribution in [0.15, 0.2) is 36.4 Å². The van der Waals surface area contributed by atoms with Crippen molar-refractivity contribution in [2.24, 2.45) is 0 Å². The van der Waals surface area contributed by atoms with Gasteiger partial charge in [0.05, 0.1) is 17.4 Å². The summed E-state index contributed by atoms with van der Waals surface area (Å²) >= 11 is 1.09. The van der Waals surface area contributed by atoms with E-state index in [1.54, 1.807) is 29.2 Å². The summed E-state index contributed by atoms with van der Waals surface area (Å²) in [7, 11) is 4.50. The minimum atomic E-state index is -0.712. The number of rotatable bonds is 6. The molecule has 0 aliphatic carbocycles. The smallest absolute Gasteiger partial charge is 0.296 e. The summed E-state index contributed by atoms with van der Waals surface area (Å²) in [6, 6.07) is 9.76. The molecule has 35 heavy (non-hydrogen) atoms. The molecule has 0 spiro atoms. The highest BCUT2D eigenvalue weighted by molar-refractivity contribution is 7.13. The molecule has 10 heteroatoms. The van der Waals surface area contributed by atoms with Gasteiger partial charge >= 0.3 is 0 Å². The Hall–Kier alpha value is -3.37. The van der Waals surface area contributed by atoms with Crippen molar-refractivity contribution < 1.29 is 23.5 Å². The first kappa shape index (κ1) is 24.7. The molecule has 1 saturated heterocycles. The lowest BCUT2D eigenvalue weighted by atomic mass is 10.1. The van der Waals surface area contributed by atoms with E-state index in [0.717, 1.165) is 30.1 Å². The molecule has 8 nitrogen and oxygen atoms in total. The molecule has 184 valence electrons. The van der Waals surface area contributed by atoms with Gasteiger partial charge in [0.15, 0.2) is 0 Å². The summed E-state index contributed by atoms with van der Waals surface area (Å²) in [5.41, 5.74) is 1.40. The number of hydrogen-bond donors (Lipinski definition) is 0. The number of ether oxygens (including phenoxy) is 1. The van der Waals surface area contributed by atoms with E-state index >= 15 is 0 Å². The number of carbonyl (C=O) groups is 3. The van der Waals surface area contributed by atoms with Crippen molar-refractivity contribution >= 4 is 39.2 Å². The van der Waals surface area contributed by atoms with Crippen LogP contribution < -0.4 is 4.74 Å². The molecule has 4 rings (SSSR count). The first-order valence-corrected chi connectivity index (χ1v) is 12.0. The Labute approximate surface area is 207 Å². The van der Waals surface area contributed by atoms with Crippen molar-refractivity contribution in [2.45, 2.75) is 13.0 Å². The molecule has 1 aromatic heterocycles. The Bertz CT molecular complexity index is 1260. The van der Waals surface area contributed by atoms with Crippen LogP contribution in [0.3, 0.4) is 0 Å². The molecule has 0 atom stereocenters. The van der Waals surface area contributed by atoms with Crippen molar-refractivity contribution in [3.05, 3.63) is 59.0 Å². The lowest BCUT2D eigenvalue weighted by Gasteiger charge is -2.23. The molecule has 0 radical (unpaired) electrons. The van der Waals surface area contributed by atoms with Crippen LogP contribution >= 0.6 is 11.5 Å². The van der Waals surface area contributed by atoms with Crippen LogP contribution in [0.4, 0.5) is 4.39 Å². The van der Waals surface area contributed by atoms with Crippen molar-refractivity contribution in [3.63, 3.8) is 0 Å². The zero-order valence-electron chi connectivity index (χ0n) is 19.9. The maximum atomic E-state index is 13.5. The SMILES string of the molecule is COc1cc2snc(C(=O)C(=O)N(C)C)c2cc1C(=O)N1CCCN(Cc2ccc(F)cc2)CC1. The normalized spacial score (nSPS) is 14.6. The van der Waals surface area contributed by atoms with Crippen LogP contribution in [0.25, 0.3) is 10.1 Å². The number of halogens is 1. The van der Waals surface area contributed by atoms with E-state index in [1.165, 1.54) is 38.2 Å². The van der Waals surface area contributed by atoms with Gasteiger partial charge in [0.25, 0.3) is 17.6 Å². The summed E-state index contributed by atoms with van der Waals surface area (Å²) in [5.74, 6) is -1.44. The highest BCUT2D eigenvalue weighted by Gasteiger charge is 2.27. The van der Waals surface area contributed by atoms with Gasteiger partial charge in [-0.2, -0.15) is 4.37 Å². The number of ketones is 1. The molecule has 0 bridgehead atoms. The minimum absolute atomic E-state index is 0.0433. The fraction of sp³-hybridized carbons (Fsp3) is 0.360. The van der Waals surface area contributed by atoms with E-state index in [-0.39, 0.29) is 17.4 Å². The lowest BCUT2D eigenvalue weighted by molar-refractivity contribution is -0.124. The van der Waals surface area contributed by atoms with Gasteiger partial charge in [-0.3, -0.25) is 19.3 Å². The van der Waals surface area contributed by atoms with E-state index < -0.39 is 11.7 Å². The number of methoxy groups -OCH3 is 1. The molecule has 2 amide bonds. The molecule has 0 unspecified atom stereocenters. The topological polar surface area (TPSA) is 83.0 Å². The zero-order chi connectivity index (χ0) is 25.1. The maximum absolute atomic E-state index is 13.5. The number of carbonyl (C=O) groups excluding carboxylic acids is 3. The molecule has 3 aromatic rings. The summed E-state index contributed by atoms with van der Waals surface area (Å²) in [5, 5.41) is 0.465. The third-order valence-electron chi connectivity index (χ3n) is 6.03. The zero-order valence-corrected chi connectivity index (χ0v) is 20.7. The number of amides is 2. The van der Waals surface area contributed by atoms with Crippen LogP contribution in [0.2, 0.25) is 0 Å². The molecule has 1 aliphatic rings. The second kappa shape index (κ2) is 10.5. The van der Waals surface area contributed by atoms with Gasteiger partial charge in [0.1, 0.15) is 17.3 Å². The number of hydrogen-bond acceptors (Lipinski definition) is 7. The van der Waals surface area contributed by atoms with Gasteiger partial charge in [-0.1, -0.05) is 12.1 Å². The number of aromatic nitrogens is 1.